The van der Waals surface area contributed by atoms with E-state index in [1.807, 2.05) is 19.1 Å². The van der Waals surface area contributed by atoms with Crippen LogP contribution in [0.5, 0.6) is 0 Å². The first-order chi connectivity index (χ1) is 7.58. The molecule has 2 heterocycles. The number of fused-ring (bicyclic) bond motifs is 1. The summed E-state index contributed by atoms with van der Waals surface area (Å²) in [5.41, 5.74) is 2.82. The largest absolute Gasteiger partial charge is 0.459 e. The summed E-state index contributed by atoms with van der Waals surface area (Å²) in [7, 11) is 0. The van der Waals surface area contributed by atoms with E-state index in [2.05, 4.69) is 13.0 Å². The highest BCUT2D eigenvalue weighted by Gasteiger charge is 2.41. The van der Waals surface area contributed by atoms with E-state index in [0.29, 0.717) is 5.56 Å². The van der Waals surface area contributed by atoms with Crippen LogP contribution in [-0.4, -0.2) is 18.7 Å². The van der Waals surface area contributed by atoms with Crippen LogP contribution in [0, 0.1) is 0 Å². The maximum absolute atomic E-state index is 11.6. The van der Waals surface area contributed by atoms with Gasteiger partial charge < -0.3 is 9.47 Å². The van der Waals surface area contributed by atoms with E-state index in [1.54, 1.807) is 0 Å². The summed E-state index contributed by atoms with van der Waals surface area (Å²) >= 11 is 0. The molecule has 2 aliphatic heterocycles. The fraction of sp³-hybridized carbons (Fsp3) is 0.462. The lowest BCUT2D eigenvalue weighted by molar-refractivity contribution is 0.0301. The van der Waals surface area contributed by atoms with Gasteiger partial charge in [-0.2, -0.15) is 0 Å². The number of hydrogen-bond donors (Lipinski definition) is 0. The molecule has 2 atom stereocenters. The monoisotopic (exact) mass is 218 g/mol. The Morgan fingerprint density at radius 3 is 2.88 bits per heavy atom. The summed E-state index contributed by atoms with van der Waals surface area (Å²) in [6.45, 7) is 4.76. The van der Waals surface area contributed by atoms with Crippen molar-refractivity contribution in [1.29, 1.82) is 0 Å². The van der Waals surface area contributed by atoms with Gasteiger partial charge in [0.25, 0.3) is 0 Å². The molecule has 1 saturated heterocycles. The summed E-state index contributed by atoms with van der Waals surface area (Å²) in [5, 5.41) is 0. The fourth-order valence-electron chi connectivity index (χ4n) is 2.16. The molecule has 0 bridgehead atoms. The smallest absolute Gasteiger partial charge is 0.338 e. The van der Waals surface area contributed by atoms with Gasteiger partial charge in [0.2, 0.25) is 0 Å². The number of epoxide rings is 1. The fourth-order valence-corrected chi connectivity index (χ4v) is 2.16. The summed E-state index contributed by atoms with van der Waals surface area (Å²) in [5.74, 6) is -0.206. The molecule has 0 saturated carbocycles. The number of benzene rings is 1. The minimum atomic E-state index is -0.206. The third-order valence-corrected chi connectivity index (χ3v) is 3.33. The Morgan fingerprint density at radius 1 is 1.44 bits per heavy atom. The van der Waals surface area contributed by atoms with Crippen molar-refractivity contribution in [3.8, 4) is 0 Å². The van der Waals surface area contributed by atoms with Gasteiger partial charge in [-0.25, -0.2) is 4.79 Å². The molecule has 0 N–H and O–H groups in total. The zero-order valence-electron chi connectivity index (χ0n) is 9.45. The van der Waals surface area contributed by atoms with Gasteiger partial charge in [0, 0.05) is 6.42 Å². The predicted molar refractivity (Wildman–Crippen MR) is 58.3 cm³/mol. The molecular weight excluding hydrogens is 204 g/mol. The minimum Gasteiger partial charge on any atom is -0.459 e. The molecule has 1 aromatic carbocycles. The van der Waals surface area contributed by atoms with Crippen molar-refractivity contribution in [2.24, 2.45) is 0 Å². The van der Waals surface area contributed by atoms with Crippen LogP contribution in [0.25, 0.3) is 0 Å². The molecule has 0 aromatic heterocycles. The van der Waals surface area contributed by atoms with Gasteiger partial charge in [0.05, 0.1) is 12.2 Å². The zero-order valence-corrected chi connectivity index (χ0v) is 9.45. The molecule has 84 valence electrons. The summed E-state index contributed by atoms with van der Waals surface area (Å²) < 4.78 is 10.6. The standard InChI is InChI=1S/C13H14O3/c1-8-5-9-6-10(13(2)7-15-13)3-4-11(9)12(14)16-8/h3-4,6,8H,5,7H2,1-2H3/t8-,13?/m1/s1. The second kappa shape index (κ2) is 3.08. The average molecular weight is 218 g/mol. The first kappa shape index (κ1) is 9.85. The molecule has 1 unspecified atom stereocenters. The first-order valence-electron chi connectivity index (χ1n) is 5.57. The second-order valence-corrected chi connectivity index (χ2v) is 4.81. The van der Waals surface area contributed by atoms with Crippen molar-refractivity contribution in [2.45, 2.75) is 32.0 Å². The Bertz CT molecular complexity index is 460. The van der Waals surface area contributed by atoms with Gasteiger partial charge in [0.1, 0.15) is 11.7 Å². The number of rotatable bonds is 1. The van der Waals surface area contributed by atoms with Gasteiger partial charge in [-0.1, -0.05) is 12.1 Å². The van der Waals surface area contributed by atoms with Crippen LogP contribution in [-0.2, 0) is 21.5 Å². The lowest BCUT2D eigenvalue weighted by Gasteiger charge is -2.22. The van der Waals surface area contributed by atoms with Crippen LogP contribution in [0.15, 0.2) is 18.2 Å². The lowest BCUT2D eigenvalue weighted by Crippen LogP contribution is -2.25. The Balaban J connectivity index is 2.04. The molecule has 3 heteroatoms. The van der Waals surface area contributed by atoms with Crippen molar-refractivity contribution < 1.29 is 14.3 Å². The third-order valence-electron chi connectivity index (χ3n) is 3.33. The first-order valence-corrected chi connectivity index (χ1v) is 5.57. The Hall–Kier alpha value is -1.35. The number of carbonyl (C=O) groups is 1. The molecule has 3 rings (SSSR count). The minimum absolute atomic E-state index is 0.0248. The van der Waals surface area contributed by atoms with Crippen molar-refractivity contribution in [1.82, 2.24) is 0 Å². The Morgan fingerprint density at radius 2 is 2.19 bits per heavy atom. The average Bonchev–Trinajstić information content (AvgIpc) is 2.96. The van der Waals surface area contributed by atoms with Crippen molar-refractivity contribution >= 4 is 5.97 Å². The van der Waals surface area contributed by atoms with Crippen molar-refractivity contribution in [3.05, 3.63) is 34.9 Å². The van der Waals surface area contributed by atoms with E-state index in [-0.39, 0.29) is 17.7 Å². The van der Waals surface area contributed by atoms with Crippen molar-refractivity contribution in [3.63, 3.8) is 0 Å². The van der Waals surface area contributed by atoms with Crippen LogP contribution in [0.4, 0.5) is 0 Å². The summed E-state index contributed by atoms with van der Waals surface area (Å²) in [6, 6.07) is 5.90. The molecule has 0 spiro atoms. The Kier molecular flexibility index (Phi) is 1.89. The van der Waals surface area contributed by atoms with E-state index < -0.39 is 0 Å². The molecule has 16 heavy (non-hydrogen) atoms. The molecule has 0 radical (unpaired) electrons. The molecule has 1 aromatic rings. The number of ether oxygens (including phenoxy) is 2. The third kappa shape index (κ3) is 1.43. The molecule has 0 amide bonds. The van der Waals surface area contributed by atoms with Crippen molar-refractivity contribution in [2.75, 3.05) is 6.61 Å². The van der Waals surface area contributed by atoms with Crippen LogP contribution >= 0.6 is 0 Å². The highest BCUT2D eigenvalue weighted by molar-refractivity contribution is 5.92. The van der Waals surface area contributed by atoms with Gasteiger partial charge in [-0.3, -0.25) is 0 Å². The number of carbonyl (C=O) groups excluding carboxylic acids is 1. The number of esters is 1. The summed E-state index contributed by atoms with van der Waals surface area (Å²) in [6.07, 6.45) is 0.772. The summed E-state index contributed by atoms with van der Waals surface area (Å²) in [4.78, 5) is 11.6. The quantitative estimate of drug-likeness (QED) is 0.535. The predicted octanol–water partition coefficient (Wildman–Crippen LogP) is 2.03. The molecule has 1 fully saturated rings. The normalized spacial score (nSPS) is 31.9. The van der Waals surface area contributed by atoms with Crippen LogP contribution in [0.2, 0.25) is 0 Å². The topological polar surface area (TPSA) is 38.8 Å². The van der Waals surface area contributed by atoms with E-state index in [0.717, 1.165) is 24.2 Å². The SMILES string of the molecule is C[C@@H]1Cc2cc(C3(C)CO3)ccc2C(=O)O1. The highest BCUT2D eigenvalue weighted by atomic mass is 16.6. The number of hydrogen-bond acceptors (Lipinski definition) is 3. The van der Waals surface area contributed by atoms with Gasteiger partial charge in [-0.05, 0) is 31.0 Å². The molecule has 0 aliphatic carbocycles. The second-order valence-electron chi connectivity index (χ2n) is 4.81. The van der Waals surface area contributed by atoms with E-state index in [9.17, 15) is 4.79 Å². The van der Waals surface area contributed by atoms with Gasteiger partial charge >= 0.3 is 5.97 Å². The van der Waals surface area contributed by atoms with Crippen LogP contribution in [0.1, 0.15) is 35.3 Å². The number of cyclic esters (lactones) is 1. The van der Waals surface area contributed by atoms with Gasteiger partial charge in [-0.15, -0.1) is 0 Å². The maximum Gasteiger partial charge on any atom is 0.338 e. The molecule has 3 nitrogen and oxygen atoms in total. The maximum atomic E-state index is 11.6. The molecular formula is C13H14O3. The molecule has 2 aliphatic rings. The van der Waals surface area contributed by atoms with Crippen LogP contribution < -0.4 is 0 Å². The zero-order chi connectivity index (χ0) is 11.3. The Labute approximate surface area is 94.4 Å². The van der Waals surface area contributed by atoms with Gasteiger partial charge in [0.15, 0.2) is 0 Å². The lowest BCUT2D eigenvalue weighted by atomic mass is 9.92. The van der Waals surface area contributed by atoms with E-state index >= 15 is 0 Å². The van der Waals surface area contributed by atoms with E-state index in [1.165, 1.54) is 0 Å². The van der Waals surface area contributed by atoms with Crippen LogP contribution in [0.3, 0.4) is 0 Å². The highest BCUT2D eigenvalue weighted by Crippen LogP contribution is 2.39. The van der Waals surface area contributed by atoms with E-state index in [4.69, 9.17) is 9.47 Å².